The number of aliphatic hydroxyl groups is 1. The number of rotatable bonds is 4. The number of nitrogens with zero attached hydrogens (tertiary/aromatic N) is 1. The Morgan fingerprint density at radius 2 is 2.43 bits per heavy atom. The summed E-state index contributed by atoms with van der Waals surface area (Å²) in [5, 5.41) is 9.10. The van der Waals surface area contributed by atoms with Crippen LogP contribution in [0.25, 0.3) is 0 Å². The van der Waals surface area contributed by atoms with Crippen molar-refractivity contribution in [3.63, 3.8) is 0 Å². The lowest BCUT2D eigenvalue weighted by molar-refractivity contribution is -0.149. The fourth-order valence-corrected chi connectivity index (χ4v) is 1.96. The second-order valence-corrected chi connectivity index (χ2v) is 3.64. The molecule has 0 bridgehead atoms. The normalized spacial score (nSPS) is 24.9. The Labute approximate surface area is 84.8 Å². The van der Waals surface area contributed by atoms with Crippen molar-refractivity contribution in [3.05, 3.63) is 0 Å². The largest absolute Gasteiger partial charge is 0.465 e. The first-order chi connectivity index (χ1) is 6.70. The zero-order valence-electron chi connectivity index (χ0n) is 8.90. The minimum atomic E-state index is -0.227. The van der Waals surface area contributed by atoms with Crippen LogP contribution in [0.15, 0.2) is 0 Å². The quantitative estimate of drug-likeness (QED) is 0.669. The van der Waals surface area contributed by atoms with Crippen molar-refractivity contribution in [2.75, 3.05) is 19.8 Å². The highest BCUT2D eigenvalue weighted by atomic mass is 16.5. The second-order valence-electron chi connectivity index (χ2n) is 3.64. The minimum absolute atomic E-state index is 0.129. The van der Waals surface area contributed by atoms with Gasteiger partial charge in [-0.2, -0.15) is 0 Å². The second kappa shape index (κ2) is 5.32. The number of hydrogen-bond acceptors (Lipinski definition) is 4. The highest BCUT2D eigenvalue weighted by molar-refractivity contribution is 5.75. The summed E-state index contributed by atoms with van der Waals surface area (Å²) in [6.45, 7) is 5.07. The number of ether oxygens (including phenoxy) is 1. The number of aliphatic hydroxyl groups excluding tert-OH is 1. The van der Waals surface area contributed by atoms with Gasteiger partial charge in [-0.25, -0.2) is 0 Å². The molecule has 0 aromatic heterocycles. The van der Waals surface area contributed by atoms with Crippen LogP contribution in [0.5, 0.6) is 0 Å². The van der Waals surface area contributed by atoms with E-state index in [1.165, 1.54) is 0 Å². The third-order valence-electron chi connectivity index (χ3n) is 2.76. The van der Waals surface area contributed by atoms with Crippen LogP contribution in [0.1, 0.15) is 26.7 Å². The van der Waals surface area contributed by atoms with Crippen LogP contribution in [0, 0.1) is 0 Å². The number of carbonyl (C=O) groups excluding carboxylic acids is 1. The molecule has 1 saturated heterocycles. The molecule has 2 atom stereocenters. The van der Waals surface area contributed by atoms with E-state index in [0.29, 0.717) is 6.61 Å². The SMILES string of the molecule is CCOC(=O)C(C)N1CCC[C@@H]1CO. The fourth-order valence-electron chi connectivity index (χ4n) is 1.96. The molecule has 1 N–H and O–H groups in total. The van der Waals surface area contributed by atoms with Crippen molar-refractivity contribution in [2.24, 2.45) is 0 Å². The fraction of sp³-hybridized carbons (Fsp3) is 0.900. The molecule has 0 aliphatic carbocycles. The summed E-state index contributed by atoms with van der Waals surface area (Å²) in [5.41, 5.74) is 0. The van der Waals surface area contributed by atoms with Crippen molar-refractivity contribution < 1.29 is 14.6 Å². The molecule has 4 nitrogen and oxygen atoms in total. The van der Waals surface area contributed by atoms with Gasteiger partial charge in [-0.1, -0.05) is 0 Å². The van der Waals surface area contributed by atoms with Crippen molar-refractivity contribution in [3.8, 4) is 0 Å². The molecule has 1 unspecified atom stereocenters. The van der Waals surface area contributed by atoms with E-state index < -0.39 is 0 Å². The van der Waals surface area contributed by atoms with Crippen LogP contribution in [0.4, 0.5) is 0 Å². The van der Waals surface area contributed by atoms with Crippen LogP contribution in [0.2, 0.25) is 0 Å². The Hall–Kier alpha value is -0.610. The van der Waals surface area contributed by atoms with Gasteiger partial charge in [0.1, 0.15) is 6.04 Å². The van der Waals surface area contributed by atoms with Crippen molar-refractivity contribution in [1.29, 1.82) is 0 Å². The van der Waals surface area contributed by atoms with Gasteiger partial charge >= 0.3 is 5.97 Å². The first kappa shape index (κ1) is 11.5. The summed E-state index contributed by atoms with van der Waals surface area (Å²) in [6.07, 6.45) is 2.02. The summed E-state index contributed by atoms with van der Waals surface area (Å²) in [6, 6.07) is -0.0935. The average Bonchev–Trinajstić information content (AvgIpc) is 2.64. The van der Waals surface area contributed by atoms with Crippen LogP contribution in [-0.2, 0) is 9.53 Å². The highest BCUT2D eigenvalue weighted by Crippen LogP contribution is 2.19. The van der Waals surface area contributed by atoms with Gasteiger partial charge in [-0.3, -0.25) is 9.69 Å². The van der Waals surface area contributed by atoms with E-state index >= 15 is 0 Å². The maximum absolute atomic E-state index is 11.4. The van der Waals surface area contributed by atoms with E-state index in [4.69, 9.17) is 9.84 Å². The standard InChI is InChI=1S/C10H19NO3/c1-3-14-10(13)8(2)11-6-4-5-9(11)7-12/h8-9,12H,3-7H2,1-2H3/t8?,9-/m1/s1. The number of esters is 1. The molecule has 0 amide bonds. The Bertz CT molecular complexity index is 196. The summed E-state index contributed by atoms with van der Waals surface area (Å²) >= 11 is 0. The maximum atomic E-state index is 11.4. The van der Waals surface area contributed by atoms with E-state index in [2.05, 4.69) is 0 Å². The van der Waals surface area contributed by atoms with Gasteiger partial charge in [-0.05, 0) is 33.2 Å². The summed E-state index contributed by atoms with van der Waals surface area (Å²) < 4.78 is 4.95. The molecular formula is C10H19NO3. The summed E-state index contributed by atoms with van der Waals surface area (Å²) in [7, 11) is 0. The predicted molar refractivity (Wildman–Crippen MR) is 52.9 cm³/mol. The van der Waals surface area contributed by atoms with Gasteiger partial charge in [-0.15, -0.1) is 0 Å². The van der Waals surface area contributed by atoms with Crippen LogP contribution < -0.4 is 0 Å². The highest BCUT2D eigenvalue weighted by Gasteiger charge is 2.31. The van der Waals surface area contributed by atoms with Gasteiger partial charge in [0.25, 0.3) is 0 Å². The van der Waals surface area contributed by atoms with Gasteiger partial charge in [0.05, 0.1) is 13.2 Å². The molecule has 1 aliphatic heterocycles. The van der Waals surface area contributed by atoms with Crippen molar-refractivity contribution >= 4 is 5.97 Å². The molecule has 14 heavy (non-hydrogen) atoms. The lowest BCUT2D eigenvalue weighted by Gasteiger charge is -2.27. The molecule has 0 aromatic rings. The third kappa shape index (κ3) is 2.45. The average molecular weight is 201 g/mol. The maximum Gasteiger partial charge on any atom is 0.323 e. The Balaban J connectivity index is 2.50. The summed E-state index contributed by atoms with van der Waals surface area (Å²) in [5.74, 6) is -0.187. The lowest BCUT2D eigenvalue weighted by Crippen LogP contribution is -2.44. The van der Waals surface area contributed by atoms with E-state index in [1.54, 1.807) is 6.92 Å². The monoisotopic (exact) mass is 201 g/mol. The molecule has 1 aliphatic rings. The molecule has 1 rings (SSSR count). The van der Waals surface area contributed by atoms with E-state index in [1.807, 2.05) is 11.8 Å². The van der Waals surface area contributed by atoms with Gasteiger partial charge in [0, 0.05) is 6.04 Å². The van der Waals surface area contributed by atoms with Gasteiger partial charge in [0.2, 0.25) is 0 Å². The van der Waals surface area contributed by atoms with Gasteiger partial charge in [0.15, 0.2) is 0 Å². The number of carbonyl (C=O) groups is 1. The molecule has 0 radical (unpaired) electrons. The van der Waals surface area contributed by atoms with Crippen LogP contribution in [0.3, 0.4) is 0 Å². The van der Waals surface area contributed by atoms with Crippen molar-refractivity contribution in [1.82, 2.24) is 4.90 Å². The zero-order valence-corrected chi connectivity index (χ0v) is 8.90. The molecule has 0 saturated carbocycles. The smallest absolute Gasteiger partial charge is 0.323 e. The molecule has 0 aromatic carbocycles. The molecule has 82 valence electrons. The first-order valence-electron chi connectivity index (χ1n) is 5.24. The topological polar surface area (TPSA) is 49.8 Å². The van der Waals surface area contributed by atoms with E-state index in [0.717, 1.165) is 19.4 Å². The molecule has 0 spiro atoms. The van der Waals surface area contributed by atoms with Gasteiger partial charge < -0.3 is 9.84 Å². The Kier molecular flexibility index (Phi) is 4.35. The number of hydrogen-bond donors (Lipinski definition) is 1. The van der Waals surface area contributed by atoms with Crippen molar-refractivity contribution in [2.45, 2.75) is 38.8 Å². The number of likely N-dealkylation sites (tertiary alicyclic amines) is 1. The Morgan fingerprint density at radius 3 is 3.00 bits per heavy atom. The zero-order chi connectivity index (χ0) is 10.6. The molecular weight excluding hydrogens is 182 g/mol. The summed E-state index contributed by atoms with van der Waals surface area (Å²) in [4.78, 5) is 13.5. The molecule has 1 heterocycles. The first-order valence-corrected chi connectivity index (χ1v) is 5.24. The molecule has 1 fully saturated rings. The van der Waals surface area contributed by atoms with E-state index in [-0.39, 0.29) is 24.7 Å². The third-order valence-corrected chi connectivity index (χ3v) is 2.76. The minimum Gasteiger partial charge on any atom is -0.465 e. The van der Waals surface area contributed by atoms with Crippen LogP contribution in [-0.4, -0.2) is 47.8 Å². The lowest BCUT2D eigenvalue weighted by atomic mass is 10.2. The van der Waals surface area contributed by atoms with Crippen LogP contribution >= 0.6 is 0 Å². The Morgan fingerprint density at radius 1 is 1.71 bits per heavy atom. The predicted octanol–water partition coefficient (Wildman–Crippen LogP) is 0.395. The van der Waals surface area contributed by atoms with E-state index in [9.17, 15) is 4.79 Å². The molecule has 4 heteroatoms.